The summed E-state index contributed by atoms with van der Waals surface area (Å²) >= 11 is 0. The van der Waals surface area contributed by atoms with Crippen molar-refractivity contribution in [1.29, 1.82) is 0 Å². The zero-order valence-electron chi connectivity index (χ0n) is 21.3. The van der Waals surface area contributed by atoms with E-state index in [1.165, 1.54) is 19.3 Å². The van der Waals surface area contributed by atoms with Gasteiger partial charge in [-0.15, -0.1) is 0 Å². The van der Waals surface area contributed by atoms with Crippen molar-refractivity contribution >= 4 is 12.2 Å². The molecule has 6 nitrogen and oxygen atoms in total. The Morgan fingerprint density at radius 1 is 0.971 bits per heavy atom. The van der Waals surface area contributed by atoms with E-state index in [2.05, 4.69) is 13.1 Å². The molecule has 0 spiro atoms. The van der Waals surface area contributed by atoms with Crippen LogP contribution in [0, 0.1) is 28.6 Å². The highest BCUT2D eigenvalue weighted by molar-refractivity contribution is 5.85. The standard InChI is InChI=1S/C29H43NO5/c1-26-11-8-23-24(29(26,34)14-10-22(26)19-15-25(32)35-17-19)9-13-28(33)16-21(31)7-12-27(23,28)18-30-20-5-3-2-4-6-20/h15,18,20-24,31,33-34H,2-14,16-17H2,1H3/t21-,22+,23-,24+,26+,27-,28-,29-/m0/s1. The number of rotatable bonds is 3. The maximum Gasteiger partial charge on any atom is 0.331 e. The topological polar surface area (TPSA) is 99.4 Å². The van der Waals surface area contributed by atoms with Crippen LogP contribution in [-0.2, 0) is 9.53 Å². The predicted molar refractivity (Wildman–Crippen MR) is 133 cm³/mol. The van der Waals surface area contributed by atoms with Gasteiger partial charge in [-0.3, -0.25) is 4.99 Å². The summed E-state index contributed by atoms with van der Waals surface area (Å²) in [6.07, 6.45) is 16.0. The molecule has 5 saturated carbocycles. The molecule has 0 aromatic rings. The number of fused-ring (bicyclic) bond motifs is 5. The summed E-state index contributed by atoms with van der Waals surface area (Å²) in [6.45, 7) is 2.59. The number of cyclic esters (lactones) is 1. The molecule has 0 unspecified atom stereocenters. The lowest BCUT2D eigenvalue weighted by Gasteiger charge is -2.65. The number of aliphatic imine (C=N–C) groups is 1. The van der Waals surface area contributed by atoms with E-state index in [0.29, 0.717) is 31.9 Å². The van der Waals surface area contributed by atoms with Crippen LogP contribution in [0.2, 0.25) is 0 Å². The third kappa shape index (κ3) is 3.45. The molecule has 8 atom stereocenters. The van der Waals surface area contributed by atoms with Gasteiger partial charge in [-0.2, -0.15) is 0 Å². The third-order valence-electron chi connectivity index (χ3n) is 11.7. The first-order chi connectivity index (χ1) is 16.7. The Bertz CT molecular complexity index is 926. The second kappa shape index (κ2) is 8.39. The Labute approximate surface area is 209 Å². The maximum atomic E-state index is 12.5. The Morgan fingerprint density at radius 3 is 2.49 bits per heavy atom. The average molecular weight is 486 g/mol. The minimum Gasteiger partial charge on any atom is -0.458 e. The van der Waals surface area contributed by atoms with Crippen LogP contribution in [0.5, 0.6) is 0 Å². The van der Waals surface area contributed by atoms with Crippen LogP contribution in [-0.4, -0.2) is 57.5 Å². The summed E-state index contributed by atoms with van der Waals surface area (Å²) in [7, 11) is 0. The highest BCUT2D eigenvalue weighted by Crippen LogP contribution is 2.70. The van der Waals surface area contributed by atoms with E-state index in [1.54, 1.807) is 6.08 Å². The first-order valence-corrected chi connectivity index (χ1v) is 14.3. The van der Waals surface area contributed by atoms with Crippen LogP contribution in [0.3, 0.4) is 0 Å². The van der Waals surface area contributed by atoms with Gasteiger partial charge in [-0.1, -0.05) is 26.2 Å². The van der Waals surface area contributed by atoms with Crippen molar-refractivity contribution in [2.24, 2.45) is 33.6 Å². The Balaban J connectivity index is 1.36. The molecule has 0 bridgehead atoms. The summed E-state index contributed by atoms with van der Waals surface area (Å²) in [6, 6.07) is 0.342. The number of ether oxygens (including phenoxy) is 1. The maximum absolute atomic E-state index is 12.5. The number of aliphatic hydroxyl groups is 3. The minimum absolute atomic E-state index is 0.0956. The minimum atomic E-state index is -0.958. The number of carbonyl (C=O) groups is 1. The van der Waals surface area contributed by atoms with Gasteiger partial charge >= 0.3 is 5.97 Å². The Hall–Kier alpha value is -1.24. The van der Waals surface area contributed by atoms with Crippen molar-refractivity contribution in [1.82, 2.24) is 0 Å². The van der Waals surface area contributed by atoms with Crippen molar-refractivity contribution in [2.75, 3.05) is 6.61 Å². The van der Waals surface area contributed by atoms with E-state index < -0.39 is 22.7 Å². The molecule has 5 fully saturated rings. The highest BCUT2D eigenvalue weighted by atomic mass is 16.5. The molecule has 0 saturated heterocycles. The molecule has 3 N–H and O–H groups in total. The average Bonchev–Trinajstić information content (AvgIpc) is 3.38. The van der Waals surface area contributed by atoms with E-state index in [9.17, 15) is 20.1 Å². The summed E-state index contributed by atoms with van der Waals surface area (Å²) in [5.41, 5.74) is -1.50. The molecular formula is C29H43NO5. The number of carbonyl (C=O) groups excluding carboxylic acids is 1. The molecule has 1 heterocycles. The van der Waals surface area contributed by atoms with Gasteiger partial charge in [0.15, 0.2) is 0 Å². The van der Waals surface area contributed by atoms with E-state index in [1.807, 2.05) is 0 Å². The van der Waals surface area contributed by atoms with Crippen molar-refractivity contribution in [3.63, 3.8) is 0 Å². The van der Waals surface area contributed by atoms with Gasteiger partial charge < -0.3 is 20.1 Å². The first-order valence-electron chi connectivity index (χ1n) is 14.3. The summed E-state index contributed by atoms with van der Waals surface area (Å²) in [5, 5.41) is 35.2. The zero-order chi connectivity index (χ0) is 24.5. The van der Waals surface area contributed by atoms with Gasteiger partial charge in [0.1, 0.15) is 6.61 Å². The van der Waals surface area contributed by atoms with Gasteiger partial charge in [0.05, 0.1) is 17.3 Å². The van der Waals surface area contributed by atoms with Crippen LogP contribution in [0.15, 0.2) is 16.6 Å². The molecule has 0 amide bonds. The third-order valence-corrected chi connectivity index (χ3v) is 11.7. The number of hydrogen-bond donors (Lipinski definition) is 3. The lowest BCUT2D eigenvalue weighted by molar-refractivity contribution is -0.237. The van der Waals surface area contributed by atoms with Crippen LogP contribution < -0.4 is 0 Å². The lowest BCUT2D eigenvalue weighted by Crippen LogP contribution is -2.68. The van der Waals surface area contributed by atoms with Gasteiger partial charge in [0.2, 0.25) is 0 Å². The smallest absolute Gasteiger partial charge is 0.331 e. The van der Waals surface area contributed by atoms with Gasteiger partial charge in [-0.05, 0) is 87.5 Å². The molecule has 6 heteroatoms. The van der Waals surface area contributed by atoms with Crippen molar-refractivity contribution in [3.8, 4) is 0 Å². The van der Waals surface area contributed by atoms with E-state index in [0.717, 1.165) is 56.9 Å². The molecule has 0 aromatic carbocycles. The molecule has 1 aliphatic heterocycles. The normalized spacial score (nSPS) is 50.4. The molecule has 194 valence electrons. The van der Waals surface area contributed by atoms with E-state index >= 15 is 0 Å². The predicted octanol–water partition coefficient (Wildman–Crippen LogP) is 4.10. The lowest BCUT2D eigenvalue weighted by atomic mass is 9.41. The Morgan fingerprint density at radius 2 is 1.74 bits per heavy atom. The summed E-state index contributed by atoms with van der Waals surface area (Å²) in [5.74, 6) is 0.168. The van der Waals surface area contributed by atoms with Crippen molar-refractivity contribution in [3.05, 3.63) is 11.6 Å². The van der Waals surface area contributed by atoms with E-state index in [4.69, 9.17) is 9.73 Å². The van der Waals surface area contributed by atoms with Crippen molar-refractivity contribution in [2.45, 2.75) is 120 Å². The van der Waals surface area contributed by atoms with Crippen LogP contribution in [0.25, 0.3) is 0 Å². The fourth-order valence-electron chi connectivity index (χ4n) is 9.83. The molecule has 0 radical (unpaired) electrons. The molecule has 35 heavy (non-hydrogen) atoms. The SMILES string of the molecule is C[C@]12CC[C@H]3[C@@H](CC[C@]4(O)C[C@@H](O)CC[C@]34C=NC3CCCCC3)[C@@]1(O)CC[C@@H]2C1=CC(=O)OC1. The zero-order valence-corrected chi connectivity index (χ0v) is 21.3. The molecule has 5 aliphatic carbocycles. The van der Waals surface area contributed by atoms with Gasteiger partial charge in [0, 0.05) is 35.6 Å². The number of nitrogens with zero attached hydrogens (tertiary/aromatic N) is 1. The molecule has 6 rings (SSSR count). The van der Waals surface area contributed by atoms with Gasteiger partial charge in [0.25, 0.3) is 0 Å². The summed E-state index contributed by atoms with van der Waals surface area (Å²) < 4.78 is 5.25. The highest BCUT2D eigenvalue weighted by Gasteiger charge is 2.71. The fourth-order valence-corrected chi connectivity index (χ4v) is 9.83. The second-order valence-electron chi connectivity index (χ2n) is 13.1. The number of aliphatic hydroxyl groups excluding tert-OH is 1. The van der Waals surface area contributed by atoms with Crippen LogP contribution >= 0.6 is 0 Å². The number of hydrogen-bond acceptors (Lipinski definition) is 6. The quantitative estimate of drug-likeness (QED) is 0.413. The first kappa shape index (κ1) is 24.1. The summed E-state index contributed by atoms with van der Waals surface area (Å²) in [4.78, 5) is 17.0. The van der Waals surface area contributed by atoms with E-state index in [-0.39, 0.29) is 29.1 Å². The second-order valence-corrected chi connectivity index (χ2v) is 13.1. The largest absolute Gasteiger partial charge is 0.458 e. The van der Waals surface area contributed by atoms with Crippen molar-refractivity contribution < 1.29 is 24.9 Å². The van der Waals surface area contributed by atoms with Crippen LogP contribution in [0.1, 0.15) is 96.8 Å². The number of esters is 1. The molecular weight excluding hydrogens is 442 g/mol. The molecule has 6 aliphatic rings. The van der Waals surface area contributed by atoms with Gasteiger partial charge in [-0.25, -0.2) is 4.79 Å². The Kier molecular flexibility index (Phi) is 5.78. The monoisotopic (exact) mass is 485 g/mol. The molecule has 0 aromatic heterocycles. The van der Waals surface area contributed by atoms with Crippen LogP contribution in [0.4, 0.5) is 0 Å². The fraction of sp³-hybridized carbons (Fsp3) is 0.862.